The van der Waals surface area contributed by atoms with Gasteiger partial charge >= 0.3 is 5.97 Å². The smallest absolute Gasteiger partial charge is 0.307 e. The van der Waals surface area contributed by atoms with Gasteiger partial charge < -0.3 is 10.1 Å². The van der Waals surface area contributed by atoms with Crippen molar-refractivity contribution in [2.75, 3.05) is 0 Å². The predicted molar refractivity (Wildman–Crippen MR) is 77.7 cm³/mol. The van der Waals surface area contributed by atoms with Crippen LogP contribution in [-0.4, -0.2) is 16.1 Å². The Balaban J connectivity index is 2.31. The fourth-order valence-electron chi connectivity index (χ4n) is 2.39. The number of nitrogens with one attached hydrogen (secondary N) is 1. The van der Waals surface area contributed by atoms with Gasteiger partial charge in [-0.15, -0.1) is 11.3 Å². The second kappa shape index (κ2) is 4.55. The number of carboxylic acids is 1. The summed E-state index contributed by atoms with van der Waals surface area (Å²) >= 11 is 1.61. The molecule has 0 saturated heterocycles. The van der Waals surface area contributed by atoms with Gasteiger partial charge in [0.05, 0.1) is 17.0 Å². The third-order valence-electron chi connectivity index (χ3n) is 3.25. The van der Waals surface area contributed by atoms with Crippen LogP contribution in [0.5, 0.6) is 0 Å². The number of thiophene rings is 1. The van der Waals surface area contributed by atoms with Crippen LogP contribution in [0.2, 0.25) is 0 Å². The molecule has 4 heteroatoms. The molecule has 0 fully saturated rings. The zero-order valence-corrected chi connectivity index (χ0v) is 11.3. The molecule has 0 atom stereocenters. The molecule has 0 unspecified atom stereocenters. The lowest BCUT2D eigenvalue weighted by Crippen LogP contribution is -2.00. The number of carboxylic acid groups (broad SMARTS) is 1. The zero-order chi connectivity index (χ0) is 13.4. The predicted octanol–water partition coefficient (Wildman–Crippen LogP) is 3.83. The Kier molecular flexibility index (Phi) is 2.87. The van der Waals surface area contributed by atoms with Crippen molar-refractivity contribution in [1.82, 2.24) is 4.98 Å². The van der Waals surface area contributed by atoms with Crippen molar-refractivity contribution in [2.24, 2.45) is 0 Å². The molecule has 0 amide bonds. The van der Waals surface area contributed by atoms with Gasteiger partial charge in [0.2, 0.25) is 0 Å². The number of H-pyrrole nitrogens is 1. The fraction of sp³-hybridized carbons (Fsp3) is 0.133. The van der Waals surface area contributed by atoms with Crippen molar-refractivity contribution >= 4 is 28.2 Å². The van der Waals surface area contributed by atoms with Gasteiger partial charge in [0, 0.05) is 10.9 Å². The Hall–Kier alpha value is -2.07. The SMILES string of the molecule is Cc1cccc2c(CC(=O)O)c(-c3cccs3)[nH]c12. The molecular formula is C15H13NO2S. The molecule has 0 bridgehead atoms. The summed E-state index contributed by atoms with van der Waals surface area (Å²) in [6, 6.07) is 9.96. The zero-order valence-electron chi connectivity index (χ0n) is 10.4. The normalized spacial score (nSPS) is 11.0. The van der Waals surface area contributed by atoms with Crippen LogP contribution in [0.4, 0.5) is 0 Å². The number of hydrogen-bond acceptors (Lipinski definition) is 2. The Labute approximate surface area is 114 Å². The molecule has 19 heavy (non-hydrogen) atoms. The summed E-state index contributed by atoms with van der Waals surface area (Å²) in [4.78, 5) is 15.6. The van der Waals surface area contributed by atoms with Gasteiger partial charge in [0.25, 0.3) is 0 Å². The molecule has 96 valence electrons. The van der Waals surface area contributed by atoms with Gasteiger partial charge in [-0.3, -0.25) is 4.79 Å². The summed E-state index contributed by atoms with van der Waals surface area (Å²) in [5.74, 6) is -0.805. The van der Waals surface area contributed by atoms with Crippen molar-refractivity contribution in [2.45, 2.75) is 13.3 Å². The number of aryl methyl sites for hydroxylation is 1. The van der Waals surface area contributed by atoms with Crippen LogP contribution in [0.15, 0.2) is 35.7 Å². The lowest BCUT2D eigenvalue weighted by Gasteiger charge is -1.99. The van der Waals surface area contributed by atoms with E-state index in [1.807, 2.05) is 42.6 Å². The highest BCUT2D eigenvalue weighted by atomic mass is 32.1. The van der Waals surface area contributed by atoms with Gasteiger partial charge in [0.1, 0.15) is 0 Å². The topological polar surface area (TPSA) is 53.1 Å². The molecule has 3 nitrogen and oxygen atoms in total. The van der Waals surface area contributed by atoms with Gasteiger partial charge in [-0.25, -0.2) is 0 Å². The highest BCUT2D eigenvalue weighted by Gasteiger charge is 2.17. The van der Waals surface area contributed by atoms with Gasteiger partial charge in [-0.05, 0) is 29.5 Å². The quantitative estimate of drug-likeness (QED) is 0.760. The largest absolute Gasteiger partial charge is 0.481 e. The standard InChI is InChI=1S/C15H13NO2S/c1-9-4-2-5-10-11(8-13(17)18)15(16-14(9)10)12-6-3-7-19-12/h2-7,16H,8H2,1H3,(H,17,18). The number of hydrogen-bond donors (Lipinski definition) is 2. The molecule has 2 heterocycles. The highest BCUT2D eigenvalue weighted by molar-refractivity contribution is 7.13. The van der Waals surface area contributed by atoms with Crippen molar-refractivity contribution in [3.63, 3.8) is 0 Å². The van der Waals surface area contributed by atoms with E-state index in [1.54, 1.807) is 11.3 Å². The first-order valence-corrected chi connectivity index (χ1v) is 6.90. The number of carbonyl (C=O) groups is 1. The molecule has 0 aliphatic carbocycles. The molecule has 1 aromatic carbocycles. The van der Waals surface area contributed by atoms with E-state index in [2.05, 4.69) is 4.98 Å². The number of rotatable bonds is 3. The third kappa shape index (κ3) is 2.04. The van der Waals surface area contributed by atoms with Crippen LogP contribution in [0.3, 0.4) is 0 Å². The van der Waals surface area contributed by atoms with Crippen molar-refractivity contribution < 1.29 is 9.90 Å². The molecule has 2 aromatic heterocycles. The number of benzene rings is 1. The third-order valence-corrected chi connectivity index (χ3v) is 4.13. The molecule has 0 aliphatic heterocycles. The first kappa shape index (κ1) is 12.0. The van der Waals surface area contributed by atoms with Gasteiger partial charge in [-0.2, -0.15) is 0 Å². The van der Waals surface area contributed by atoms with E-state index in [-0.39, 0.29) is 6.42 Å². The summed E-state index contributed by atoms with van der Waals surface area (Å²) in [7, 11) is 0. The number of para-hydroxylation sites is 1. The second-order valence-electron chi connectivity index (χ2n) is 4.52. The Morgan fingerprint density at radius 1 is 1.32 bits per heavy atom. The summed E-state index contributed by atoms with van der Waals surface area (Å²) in [5.41, 5.74) is 3.96. The van der Waals surface area contributed by atoms with Gasteiger partial charge in [0.15, 0.2) is 0 Å². The molecule has 3 rings (SSSR count). The molecule has 0 radical (unpaired) electrons. The maximum absolute atomic E-state index is 11.1. The van der Waals surface area contributed by atoms with Crippen LogP contribution < -0.4 is 0 Å². The van der Waals surface area contributed by atoms with Gasteiger partial charge in [-0.1, -0.05) is 24.3 Å². The van der Waals surface area contributed by atoms with E-state index in [9.17, 15) is 4.79 Å². The Bertz CT molecular complexity index is 741. The summed E-state index contributed by atoms with van der Waals surface area (Å²) in [5, 5.41) is 12.1. The first-order chi connectivity index (χ1) is 9.16. The molecule has 2 N–H and O–H groups in total. The minimum absolute atomic E-state index is 0.0384. The van der Waals surface area contributed by atoms with E-state index >= 15 is 0 Å². The van der Waals surface area contributed by atoms with Crippen LogP contribution in [0.1, 0.15) is 11.1 Å². The average Bonchev–Trinajstić information content (AvgIpc) is 2.97. The summed E-state index contributed by atoms with van der Waals surface area (Å²) in [6.45, 7) is 2.03. The number of fused-ring (bicyclic) bond motifs is 1. The van der Waals surface area contributed by atoms with Crippen LogP contribution in [-0.2, 0) is 11.2 Å². The van der Waals surface area contributed by atoms with Crippen molar-refractivity contribution in [3.8, 4) is 10.6 Å². The molecule has 0 aliphatic rings. The van der Waals surface area contributed by atoms with Crippen LogP contribution in [0.25, 0.3) is 21.5 Å². The first-order valence-electron chi connectivity index (χ1n) is 6.02. The molecule has 0 spiro atoms. The van der Waals surface area contributed by atoms with E-state index in [0.29, 0.717) is 0 Å². The molecular weight excluding hydrogens is 258 g/mol. The fourth-order valence-corrected chi connectivity index (χ4v) is 3.14. The molecule has 0 saturated carbocycles. The summed E-state index contributed by atoms with van der Waals surface area (Å²) < 4.78 is 0. The number of aromatic nitrogens is 1. The lowest BCUT2D eigenvalue weighted by molar-refractivity contribution is -0.136. The Morgan fingerprint density at radius 2 is 2.16 bits per heavy atom. The molecule has 3 aromatic rings. The average molecular weight is 271 g/mol. The maximum atomic E-state index is 11.1. The monoisotopic (exact) mass is 271 g/mol. The van der Waals surface area contributed by atoms with Crippen LogP contribution >= 0.6 is 11.3 Å². The van der Waals surface area contributed by atoms with Crippen LogP contribution in [0, 0.1) is 6.92 Å². The van der Waals surface area contributed by atoms with E-state index < -0.39 is 5.97 Å². The minimum Gasteiger partial charge on any atom is -0.481 e. The Morgan fingerprint density at radius 3 is 2.84 bits per heavy atom. The number of aliphatic carboxylic acids is 1. The second-order valence-corrected chi connectivity index (χ2v) is 5.47. The summed E-state index contributed by atoms with van der Waals surface area (Å²) in [6.07, 6.45) is 0.0384. The van der Waals surface area contributed by atoms with Crippen molar-refractivity contribution in [3.05, 3.63) is 46.8 Å². The number of aromatic amines is 1. The maximum Gasteiger partial charge on any atom is 0.307 e. The van der Waals surface area contributed by atoms with E-state index in [0.717, 1.165) is 32.6 Å². The lowest BCUT2D eigenvalue weighted by atomic mass is 10.1. The minimum atomic E-state index is -0.805. The van der Waals surface area contributed by atoms with E-state index in [1.165, 1.54) is 0 Å². The van der Waals surface area contributed by atoms with Crippen molar-refractivity contribution in [1.29, 1.82) is 0 Å². The highest BCUT2D eigenvalue weighted by Crippen LogP contribution is 2.34. The van der Waals surface area contributed by atoms with E-state index in [4.69, 9.17) is 5.11 Å².